The molecule has 1 aromatic carbocycles. The number of aromatic amines is 1. The zero-order valence-electron chi connectivity index (χ0n) is 15.5. The molecule has 0 unspecified atom stereocenters. The van der Waals surface area contributed by atoms with Crippen LogP contribution in [0, 0.1) is 12.8 Å². The van der Waals surface area contributed by atoms with Crippen molar-refractivity contribution in [1.82, 2.24) is 20.5 Å². The molecule has 5 nitrogen and oxygen atoms in total. The van der Waals surface area contributed by atoms with Gasteiger partial charge in [-0.05, 0) is 26.2 Å². The lowest BCUT2D eigenvalue weighted by Crippen LogP contribution is -2.33. The van der Waals surface area contributed by atoms with E-state index in [9.17, 15) is 4.79 Å². The summed E-state index contributed by atoms with van der Waals surface area (Å²) in [6, 6.07) is 8.31. The van der Waals surface area contributed by atoms with Crippen molar-refractivity contribution >= 4 is 17.7 Å². The van der Waals surface area contributed by atoms with Gasteiger partial charge in [-0.1, -0.05) is 68.3 Å². The number of rotatable bonds is 9. The third-order valence-electron chi connectivity index (χ3n) is 3.95. The second kappa shape index (κ2) is 9.61. The Morgan fingerprint density at radius 2 is 1.92 bits per heavy atom. The molecule has 136 valence electrons. The number of nitrogens with one attached hydrogen (secondary N) is 2. The molecule has 0 aliphatic heterocycles. The quantitative estimate of drug-likeness (QED) is 0.657. The van der Waals surface area contributed by atoms with E-state index in [2.05, 4.69) is 41.3 Å². The van der Waals surface area contributed by atoms with Crippen LogP contribution in [0.4, 0.5) is 0 Å². The highest BCUT2D eigenvalue weighted by molar-refractivity contribution is 7.99. The second-order valence-electron chi connectivity index (χ2n) is 6.91. The number of amides is 1. The molecule has 6 heteroatoms. The van der Waals surface area contributed by atoms with Gasteiger partial charge in [-0.25, -0.2) is 4.98 Å². The van der Waals surface area contributed by atoms with E-state index in [0.717, 1.165) is 24.2 Å². The van der Waals surface area contributed by atoms with Gasteiger partial charge in [-0.2, -0.15) is 0 Å². The first-order chi connectivity index (χ1) is 11.9. The lowest BCUT2D eigenvalue weighted by molar-refractivity contribution is -0.119. The first-order valence-corrected chi connectivity index (χ1v) is 9.84. The lowest BCUT2D eigenvalue weighted by Gasteiger charge is -2.14. The third kappa shape index (κ3) is 6.90. The Morgan fingerprint density at radius 1 is 1.20 bits per heavy atom. The minimum absolute atomic E-state index is 0.0312. The van der Waals surface area contributed by atoms with Crippen LogP contribution in [0.3, 0.4) is 0 Å². The van der Waals surface area contributed by atoms with Gasteiger partial charge in [0.15, 0.2) is 5.82 Å². The van der Waals surface area contributed by atoms with Crippen molar-refractivity contribution in [2.45, 2.75) is 58.2 Å². The van der Waals surface area contributed by atoms with Crippen LogP contribution in [0.1, 0.15) is 45.6 Å². The molecule has 0 radical (unpaired) electrons. The SMILES string of the molecule is Cc1ccc(-c2nc(SCC(=O)N[C@H](C)CCCC(C)C)n[nH]2)cc1. The summed E-state index contributed by atoms with van der Waals surface area (Å²) >= 11 is 1.35. The van der Waals surface area contributed by atoms with Gasteiger partial charge in [0.05, 0.1) is 5.75 Å². The monoisotopic (exact) mass is 360 g/mol. The Balaban J connectivity index is 1.75. The predicted molar refractivity (Wildman–Crippen MR) is 104 cm³/mol. The van der Waals surface area contributed by atoms with E-state index in [-0.39, 0.29) is 11.9 Å². The van der Waals surface area contributed by atoms with Crippen LogP contribution in [0.15, 0.2) is 29.4 Å². The number of benzene rings is 1. The molecule has 0 saturated carbocycles. The predicted octanol–water partition coefficient (Wildman–Crippen LogP) is 4.20. The molecule has 0 aliphatic carbocycles. The second-order valence-corrected chi connectivity index (χ2v) is 7.86. The van der Waals surface area contributed by atoms with Gasteiger partial charge in [0.1, 0.15) is 0 Å². The Hall–Kier alpha value is -1.82. The Morgan fingerprint density at radius 3 is 2.60 bits per heavy atom. The molecule has 25 heavy (non-hydrogen) atoms. The van der Waals surface area contributed by atoms with E-state index < -0.39 is 0 Å². The standard InChI is InChI=1S/C19H28N4OS/c1-13(2)6-5-7-15(4)20-17(24)12-25-19-21-18(22-23-19)16-10-8-14(3)9-11-16/h8-11,13,15H,5-7,12H2,1-4H3,(H,20,24)(H,21,22,23)/t15-/m1/s1. The minimum Gasteiger partial charge on any atom is -0.353 e. The van der Waals surface area contributed by atoms with Gasteiger partial charge in [0.2, 0.25) is 11.1 Å². The number of aromatic nitrogens is 3. The van der Waals surface area contributed by atoms with Crippen molar-refractivity contribution < 1.29 is 4.79 Å². The van der Waals surface area contributed by atoms with Gasteiger partial charge in [0.25, 0.3) is 0 Å². The highest BCUT2D eigenvalue weighted by Crippen LogP contribution is 2.19. The molecule has 0 spiro atoms. The molecule has 0 aliphatic rings. The molecule has 1 heterocycles. The summed E-state index contributed by atoms with van der Waals surface area (Å²) < 4.78 is 0. The first kappa shape index (κ1) is 19.5. The molecule has 2 rings (SSSR count). The summed E-state index contributed by atoms with van der Waals surface area (Å²) in [6.07, 6.45) is 3.37. The van der Waals surface area contributed by atoms with Crippen LogP contribution in [-0.4, -0.2) is 32.9 Å². The summed E-state index contributed by atoms with van der Waals surface area (Å²) in [4.78, 5) is 16.5. The van der Waals surface area contributed by atoms with Gasteiger partial charge in [-0.15, -0.1) is 5.10 Å². The molecule has 1 aromatic heterocycles. The highest BCUT2D eigenvalue weighted by Gasteiger charge is 2.11. The van der Waals surface area contributed by atoms with E-state index in [1.54, 1.807) is 0 Å². The number of carbonyl (C=O) groups is 1. The molecular weight excluding hydrogens is 332 g/mol. The number of H-pyrrole nitrogens is 1. The van der Waals surface area contributed by atoms with Crippen LogP contribution in [0.5, 0.6) is 0 Å². The zero-order chi connectivity index (χ0) is 18.2. The average Bonchev–Trinajstić information content (AvgIpc) is 3.02. The minimum atomic E-state index is 0.0312. The van der Waals surface area contributed by atoms with Crippen molar-refractivity contribution in [3.05, 3.63) is 29.8 Å². The summed E-state index contributed by atoms with van der Waals surface area (Å²) in [5.74, 6) is 1.81. The van der Waals surface area contributed by atoms with E-state index in [1.165, 1.54) is 23.7 Å². The van der Waals surface area contributed by atoms with Crippen LogP contribution >= 0.6 is 11.8 Å². The van der Waals surface area contributed by atoms with Crippen molar-refractivity contribution in [2.75, 3.05) is 5.75 Å². The summed E-state index contributed by atoms with van der Waals surface area (Å²) in [7, 11) is 0. The fourth-order valence-corrected chi connectivity index (χ4v) is 3.11. The van der Waals surface area contributed by atoms with Crippen molar-refractivity contribution in [1.29, 1.82) is 0 Å². The zero-order valence-corrected chi connectivity index (χ0v) is 16.3. The van der Waals surface area contributed by atoms with E-state index >= 15 is 0 Å². The van der Waals surface area contributed by atoms with Gasteiger partial charge >= 0.3 is 0 Å². The van der Waals surface area contributed by atoms with Crippen LogP contribution in [0.25, 0.3) is 11.4 Å². The number of carbonyl (C=O) groups excluding carboxylic acids is 1. The van der Waals surface area contributed by atoms with E-state index in [1.807, 2.05) is 31.2 Å². The fraction of sp³-hybridized carbons (Fsp3) is 0.526. The van der Waals surface area contributed by atoms with Gasteiger partial charge < -0.3 is 5.32 Å². The Kier molecular flexibility index (Phi) is 7.50. The molecule has 0 saturated heterocycles. The summed E-state index contributed by atoms with van der Waals surface area (Å²) in [6.45, 7) is 8.56. The molecule has 1 atom stereocenters. The van der Waals surface area contributed by atoms with Crippen LogP contribution in [0.2, 0.25) is 0 Å². The van der Waals surface area contributed by atoms with Crippen molar-refractivity contribution in [3.63, 3.8) is 0 Å². The molecule has 2 N–H and O–H groups in total. The molecule has 0 fully saturated rings. The van der Waals surface area contributed by atoms with Crippen LogP contribution < -0.4 is 5.32 Å². The average molecular weight is 361 g/mol. The maximum absolute atomic E-state index is 12.0. The number of thioether (sulfide) groups is 1. The number of hydrogen-bond acceptors (Lipinski definition) is 4. The van der Waals surface area contributed by atoms with Crippen molar-refractivity contribution in [3.8, 4) is 11.4 Å². The topological polar surface area (TPSA) is 70.7 Å². The first-order valence-electron chi connectivity index (χ1n) is 8.85. The highest BCUT2D eigenvalue weighted by atomic mass is 32.2. The molecule has 1 amide bonds. The van der Waals surface area contributed by atoms with Gasteiger partial charge in [-0.3, -0.25) is 9.89 Å². The smallest absolute Gasteiger partial charge is 0.230 e. The molecule has 2 aromatic rings. The Labute approximate surface area is 154 Å². The number of aryl methyl sites for hydroxylation is 1. The van der Waals surface area contributed by atoms with E-state index in [0.29, 0.717) is 16.8 Å². The summed E-state index contributed by atoms with van der Waals surface area (Å²) in [5.41, 5.74) is 2.20. The van der Waals surface area contributed by atoms with Crippen LogP contribution in [-0.2, 0) is 4.79 Å². The number of hydrogen-bond donors (Lipinski definition) is 2. The molecular formula is C19H28N4OS. The normalized spacial score (nSPS) is 12.4. The van der Waals surface area contributed by atoms with Gasteiger partial charge in [0, 0.05) is 11.6 Å². The fourth-order valence-electron chi connectivity index (χ4n) is 2.50. The van der Waals surface area contributed by atoms with Crippen molar-refractivity contribution in [2.24, 2.45) is 5.92 Å². The largest absolute Gasteiger partial charge is 0.353 e. The summed E-state index contributed by atoms with van der Waals surface area (Å²) in [5, 5.41) is 10.8. The maximum Gasteiger partial charge on any atom is 0.230 e. The lowest BCUT2D eigenvalue weighted by atomic mass is 10.0. The number of nitrogens with zero attached hydrogens (tertiary/aromatic N) is 2. The molecule has 0 bridgehead atoms. The van der Waals surface area contributed by atoms with E-state index in [4.69, 9.17) is 0 Å². The third-order valence-corrected chi connectivity index (χ3v) is 4.80. The maximum atomic E-state index is 12.0. The Bertz CT molecular complexity index is 666.